The molecule has 0 unspecified atom stereocenters. The van der Waals surface area contributed by atoms with Crippen molar-refractivity contribution in [2.24, 2.45) is 0 Å². The second-order valence-electron chi connectivity index (χ2n) is 6.88. The van der Waals surface area contributed by atoms with E-state index in [0.29, 0.717) is 23.7 Å². The summed E-state index contributed by atoms with van der Waals surface area (Å²) in [5, 5.41) is 1.87. The number of amides is 3. The lowest BCUT2D eigenvalue weighted by atomic mass is 10.2. The summed E-state index contributed by atoms with van der Waals surface area (Å²) in [7, 11) is -5.80. The van der Waals surface area contributed by atoms with E-state index in [1.165, 1.54) is 15.9 Å². The number of carbonyl (C=O) groups is 2. The van der Waals surface area contributed by atoms with Gasteiger partial charge in [0.15, 0.2) is 5.03 Å². The van der Waals surface area contributed by atoms with Crippen LogP contribution < -0.4 is 5.32 Å². The van der Waals surface area contributed by atoms with Gasteiger partial charge < -0.3 is 15.1 Å². The average Bonchev–Trinajstić information content (AvgIpc) is 3.00. The van der Waals surface area contributed by atoms with Crippen LogP contribution in [0.15, 0.2) is 47.6 Å². The SMILES string of the molecule is O=C(Nc1ccc(Cl)cc1)N1CCCN(C(=O)c2cccnc2S(=O)(=O)C(F)(F)F)CC1. The molecule has 0 saturated carbocycles. The lowest BCUT2D eigenvalue weighted by Crippen LogP contribution is -2.39. The predicted octanol–water partition coefficient (Wildman–Crippen LogP) is 3.41. The van der Waals surface area contributed by atoms with Crippen molar-refractivity contribution in [3.05, 3.63) is 53.2 Å². The highest BCUT2D eigenvalue weighted by Crippen LogP contribution is 2.31. The molecule has 0 radical (unpaired) electrons. The second-order valence-corrected chi connectivity index (χ2v) is 9.17. The van der Waals surface area contributed by atoms with Crippen LogP contribution in [0.1, 0.15) is 16.8 Å². The lowest BCUT2D eigenvalue weighted by molar-refractivity contribution is -0.0438. The first kappa shape index (κ1) is 23.8. The van der Waals surface area contributed by atoms with E-state index in [1.807, 2.05) is 0 Å². The Morgan fingerprint density at radius 3 is 2.28 bits per heavy atom. The number of sulfone groups is 1. The average molecular weight is 491 g/mol. The van der Waals surface area contributed by atoms with E-state index in [1.54, 1.807) is 24.3 Å². The maximum Gasteiger partial charge on any atom is 0.503 e. The number of anilines is 1. The first-order valence-electron chi connectivity index (χ1n) is 9.38. The molecule has 1 N–H and O–H groups in total. The quantitative estimate of drug-likeness (QED) is 0.710. The molecule has 1 aromatic heterocycles. The molecule has 0 bridgehead atoms. The number of hydrogen-bond donors (Lipinski definition) is 1. The van der Waals surface area contributed by atoms with Crippen LogP contribution >= 0.6 is 11.6 Å². The van der Waals surface area contributed by atoms with E-state index in [2.05, 4.69) is 10.3 Å². The van der Waals surface area contributed by atoms with Crippen molar-refractivity contribution in [2.45, 2.75) is 17.0 Å². The highest BCUT2D eigenvalue weighted by molar-refractivity contribution is 7.92. The van der Waals surface area contributed by atoms with Crippen LogP contribution in [-0.4, -0.2) is 66.8 Å². The van der Waals surface area contributed by atoms with Crippen molar-refractivity contribution in [3.8, 4) is 0 Å². The number of hydrogen-bond acceptors (Lipinski definition) is 5. The van der Waals surface area contributed by atoms with Crippen LogP contribution in [0.5, 0.6) is 0 Å². The largest absolute Gasteiger partial charge is 0.503 e. The van der Waals surface area contributed by atoms with Crippen molar-refractivity contribution < 1.29 is 31.2 Å². The van der Waals surface area contributed by atoms with E-state index >= 15 is 0 Å². The van der Waals surface area contributed by atoms with E-state index in [4.69, 9.17) is 11.6 Å². The molecule has 172 valence electrons. The number of halogens is 4. The van der Waals surface area contributed by atoms with Crippen LogP contribution in [0.4, 0.5) is 23.7 Å². The number of alkyl halides is 3. The third kappa shape index (κ3) is 5.13. The summed E-state index contributed by atoms with van der Waals surface area (Å²) < 4.78 is 62.7. The van der Waals surface area contributed by atoms with Gasteiger partial charge in [-0.25, -0.2) is 18.2 Å². The molecular formula is C19H18ClF3N4O4S. The zero-order valence-corrected chi connectivity index (χ0v) is 18.0. The fourth-order valence-electron chi connectivity index (χ4n) is 3.11. The van der Waals surface area contributed by atoms with Gasteiger partial charge in [0, 0.05) is 43.1 Å². The fourth-order valence-corrected chi connectivity index (χ4v) is 4.10. The molecule has 8 nitrogen and oxygen atoms in total. The molecule has 3 rings (SSSR count). The van der Waals surface area contributed by atoms with Gasteiger partial charge in [-0.1, -0.05) is 11.6 Å². The molecule has 0 spiro atoms. The Kier molecular flexibility index (Phi) is 6.94. The molecule has 2 heterocycles. The number of aromatic nitrogens is 1. The molecule has 1 aliphatic heterocycles. The van der Waals surface area contributed by atoms with Gasteiger partial charge in [0.1, 0.15) is 0 Å². The Hall–Kier alpha value is -2.86. The Morgan fingerprint density at radius 2 is 1.62 bits per heavy atom. The van der Waals surface area contributed by atoms with Crippen molar-refractivity contribution in [1.82, 2.24) is 14.8 Å². The molecule has 0 atom stereocenters. The minimum absolute atomic E-state index is 0.00721. The Morgan fingerprint density at radius 1 is 1.00 bits per heavy atom. The number of benzene rings is 1. The van der Waals surface area contributed by atoms with Crippen molar-refractivity contribution in [2.75, 3.05) is 31.5 Å². The standard InChI is InChI=1S/C19H18ClF3N4O4S/c20-13-4-6-14(7-5-13)25-18(29)27-10-2-9-26(11-12-27)17(28)15-3-1-8-24-16(15)32(30,31)19(21,22)23/h1,3-8H,2,9-12H2,(H,25,29). The first-order chi connectivity index (χ1) is 15.0. The zero-order chi connectivity index (χ0) is 23.5. The van der Waals surface area contributed by atoms with Crippen LogP contribution in [0, 0.1) is 0 Å². The minimum Gasteiger partial charge on any atom is -0.337 e. The van der Waals surface area contributed by atoms with Gasteiger partial charge in [0.2, 0.25) is 0 Å². The molecule has 1 aromatic carbocycles. The van der Waals surface area contributed by atoms with Gasteiger partial charge in [-0.3, -0.25) is 4.79 Å². The second kappa shape index (κ2) is 9.33. The molecule has 13 heteroatoms. The Balaban J connectivity index is 1.73. The third-order valence-corrected chi connectivity index (χ3v) is 6.42. The summed E-state index contributed by atoms with van der Waals surface area (Å²) >= 11 is 5.81. The summed E-state index contributed by atoms with van der Waals surface area (Å²) in [6.07, 6.45) is 1.22. The van der Waals surface area contributed by atoms with Gasteiger partial charge in [-0.2, -0.15) is 13.2 Å². The van der Waals surface area contributed by atoms with Crippen LogP contribution in [0.25, 0.3) is 0 Å². The predicted molar refractivity (Wildman–Crippen MR) is 110 cm³/mol. The van der Waals surface area contributed by atoms with Crippen molar-refractivity contribution in [1.29, 1.82) is 0 Å². The summed E-state index contributed by atoms with van der Waals surface area (Å²) in [5.41, 5.74) is -5.73. The van der Waals surface area contributed by atoms with Gasteiger partial charge in [0.05, 0.1) is 5.56 Å². The summed E-state index contributed by atoms with van der Waals surface area (Å²) in [5.74, 6) is -0.902. The molecule has 2 aromatic rings. The summed E-state index contributed by atoms with van der Waals surface area (Å²) in [6, 6.07) is 8.23. The number of urea groups is 1. The molecule has 1 fully saturated rings. The molecule has 0 aliphatic carbocycles. The molecular weight excluding hydrogens is 473 g/mol. The summed E-state index contributed by atoms with van der Waals surface area (Å²) in [6.45, 7) is 0.536. The normalized spacial score (nSPS) is 15.2. The van der Waals surface area contributed by atoms with E-state index in [9.17, 15) is 31.2 Å². The summed E-state index contributed by atoms with van der Waals surface area (Å²) in [4.78, 5) is 31.4. The van der Waals surface area contributed by atoms with Crippen LogP contribution in [0.2, 0.25) is 5.02 Å². The first-order valence-corrected chi connectivity index (χ1v) is 11.2. The number of pyridine rings is 1. The number of carbonyl (C=O) groups excluding carboxylic acids is 2. The maximum absolute atomic E-state index is 13.0. The highest BCUT2D eigenvalue weighted by atomic mass is 35.5. The van der Waals surface area contributed by atoms with Crippen molar-refractivity contribution >= 4 is 39.1 Å². The van der Waals surface area contributed by atoms with Gasteiger partial charge in [-0.15, -0.1) is 0 Å². The Bertz CT molecular complexity index is 1110. The van der Waals surface area contributed by atoms with E-state index in [-0.39, 0.29) is 19.6 Å². The topological polar surface area (TPSA) is 99.7 Å². The van der Waals surface area contributed by atoms with Crippen LogP contribution in [-0.2, 0) is 9.84 Å². The smallest absolute Gasteiger partial charge is 0.337 e. The monoisotopic (exact) mass is 490 g/mol. The maximum atomic E-state index is 13.0. The number of nitrogens with one attached hydrogen (secondary N) is 1. The third-order valence-electron chi connectivity index (χ3n) is 4.73. The zero-order valence-electron chi connectivity index (χ0n) is 16.5. The van der Waals surface area contributed by atoms with Crippen molar-refractivity contribution in [3.63, 3.8) is 0 Å². The fraction of sp³-hybridized carbons (Fsp3) is 0.316. The van der Waals surface area contributed by atoms with E-state index in [0.717, 1.165) is 12.3 Å². The Labute approximate surface area is 186 Å². The molecule has 32 heavy (non-hydrogen) atoms. The minimum atomic E-state index is -5.80. The van der Waals surface area contributed by atoms with E-state index < -0.39 is 37.9 Å². The molecule has 1 saturated heterocycles. The number of rotatable bonds is 3. The molecule has 3 amide bonds. The lowest BCUT2D eigenvalue weighted by Gasteiger charge is -2.23. The van der Waals surface area contributed by atoms with Gasteiger partial charge >= 0.3 is 11.5 Å². The molecule has 1 aliphatic rings. The van der Waals surface area contributed by atoms with Gasteiger partial charge in [0.25, 0.3) is 15.7 Å². The van der Waals surface area contributed by atoms with Gasteiger partial charge in [-0.05, 0) is 42.8 Å². The van der Waals surface area contributed by atoms with Crippen LogP contribution in [0.3, 0.4) is 0 Å². The number of nitrogens with zero attached hydrogens (tertiary/aromatic N) is 3. The highest BCUT2D eigenvalue weighted by Gasteiger charge is 2.49.